The molecule has 1 heterocycles. The second-order valence-electron chi connectivity index (χ2n) is 4.82. The summed E-state index contributed by atoms with van der Waals surface area (Å²) in [4.78, 5) is 2.21. The summed E-state index contributed by atoms with van der Waals surface area (Å²) in [5, 5.41) is 2.49. The Morgan fingerprint density at radius 3 is 2.58 bits per heavy atom. The van der Waals surface area contributed by atoms with Crippen LogP contribution in [0.25, 0.3) is 0 Å². The lowest BCUT2D eigenvalue weighted by atomic mass is 10.1. The van der Waals surface area contributed by atoms with Crippen molar-refractivity contribution in [1.82, 2.24) is 5.32 Å². The SMILES string of the molecule is FC(F)(F)CNCC1CCN(c2ccc(Br)cc2)C1. The zero-order valence-electron chi connectivity index (χ0n) is 10.4. The summed E-state index contributed by atoms with van der Waals surface area (Å²) in [5.74, 6) is 0.283. The first-order valence-corrected chi connectivity index (χ1v) is 7.01. The van der Waals surface area contributed by atoms with Gasteiger partial charge in [0.2, 0.25) is 0 Å². The van der Waals surface area contributed by atoms with Crippen molar-refractivity contribution in [2.24, 2.45) is 5.92 Å². The molecule has 0 spiro atoms. The van der Waals surface area contributed by atoms with Crippen LogP contribution in [0.15, 0.2) is 28.7 Å². The third-order valence-corrected chi connectivity index (χ3v) is 3.76. The van der Waals surface area contributed by atoms with Crippen molar-refractivity contribution in [2.45, 2.75) is 12.6 Å². The van der Waals surface area contributed by atoms with Crippen molar-refractivity contribution in [2.75, 3.05) is 31.1 Å². The van der Waals surface area contributed by atoms with E-state index in [-0.39, 0.29) is 5.92 Å². The lowest BCUT2D eigenvalue weighted by molar-refractivity contribution is -0.125. The fourth-order valence-electron chi connectivity index (χ4n) is 2.30. The van der Waals surface area contributed by atoms with E-state index >= 15 is 0 Å². The molecule has 6 heteroatoms. The summed E-state index contributed by atoms with van der Waals surface area (Å²) in [6, 6.07) is 8.00. The van der Waals surface area contributed by atoms with Gasteiger partial charge in [-0.1, -0.05) is 15.9 Å². The van der Waals surface area contributed by atoms with Crippen LogP contribution in [0.2, 0.25) is 0 Å². The summed E-state index contributed by atoms with van der Waals surface area (Å²) >= 11 is 3.38. The zero-order chi connectivity index (χ0) is 13.9. The summed E-state index contributed by atoms with van der Waals surface area (Å²) in [6.07, 6.45) is -3.19. The van der Waals surface area contributed by atoms with Gasteiger partial charge in [0, 0.05) is 29.8 Å². The van der Waals surface area contributed by atoms with Crippen LogP contribution in [0, 0.1) is 5.92 Å². The molecule has 1 aliphatic heterocycles. The number of hydrogen-bond acceptors (Lipinski definition) is 2. The molecule has 1 atom stereocenters. The predicted octanol–water partition coefficient (Wildman–Crippen LogP) is 3.43. The summed E-state index contributed by atoms with van der Waals surface area (Å²) in [6.45, 7) is 1.24. The molecule has 1 saturated heterocycles. The van der Waals surface area contributed by atoms with Crippen LogP contribution in [-0.4, -0.2) is 32.4 Å². The topological polar surface area (TPSA) is 15.3 Å². The average molecular weight is 337 g/mol. The minimum atomic E-state index is -4.12. The van der Waals surface area contributed by atoms with Gasteiger partial charge in [0.15, 0.2) is 0 Å². The second-order valence-corrected chi connectivity index (χ2v) is 5.74. The van der Waals surface area contributed by atoms with E-state index < -0.39 is 12.7 Å². The van der Waals surface area contributed by atoms with E-state index in [1.165, 1.54) is 0 Å². The maximum absolute atomic E-state index is 12.0. The van der Waals surface area contributed by atoms with Crippen LogP contribution in [0.1, 0.15) is 6.42 Å². The van der Waals surface area contributed by atoms with Crippen LogP contribution in [0.5, 0.6) is 0 Å². The minimum Gasteiger partial charge on any atom is -0.371 e. The molecule has 106 valence electrons. The monoisotopic (exact) mass is 336 g/mol. The van der Waals surface area contributed by atoms with Gasteiger partial charge in [-0.05, 0) is 36.6 Å². The van der Waals surface area contributed by atoms with E-state index in [2.05, 4.69) is 26.1 Å². The van der Waals surface area contributed by atoms with Gasteiger partial charge in [0.05, 0.1) is 6.54 Å². The number of rotatable bonds is 4. The highest BCUT2D eigenvalue weighted by molar-refractivity contribution is 9.10. The standard InChI is InChI=1S/C13H16BrF3N2/c14-11-1-3-12(4-2-11)19-6-5-10(8-19)7-18-9-13(15,16)17/h1-4,10,18H,5-9H2. The maximum atomic E-state index is 12.0. The van der Waals surface area contributed by atoms with Gasteiger partial charge < -0.3 is 10.2 Å². The van der Waals surface area contributed by atoms with Crippen LogP contribution in [0.4, 0.5) is 18.9 Å². The molecule has 1 unspecified atom stereocenters. The Bertz CT molecular complexity index is 405. The van der Waals surface area contributed by atoms with E-state index in [9.17, 15) is 13.2 Å². The predicted molar refractivity (Wildman–Crippen MR) is 73.4 cm³/mol. The summed E-state index contributed by atoms with van der Waals surface area (Å²) in [5.41, 5.74) is 1.13. The molecule has 0 amide bonds. The normalized spacial score (nSPS) is 20.0. The number of anilines is 1. The largest absolute Gasteiger partial charge is 0.401 e. The molecule has 1 aromatic carbocycles. The molecule has 1 aromatic rings. The second kappa shape index (κ2) is 6.13. The molecule has 1 N–H and O–H groups in total. The van der Waals surface area contributed by atoms with Crippen molar-refractivity contribution in [3.63, 3.8) is 0 Å². The van der Waals surface area contributed by atoms with Gasteiger partial charge in [-0.2, -0.15) is 13.2 Å². The molecule has 1 aliphatic rings. The van der Waals surface area contributed by atoms with Crippen molar-refractivity contribution < 1.29 is 13.2 Å². The Morgan fingerprint density at radius 1 is 1.26 bits per heavy atom. The first-order chi connectivity index (χ1) is 8.94. The number of alkyl halides is 3. The summed E-state index contributed by atoms with van der Waals surface area (Å²) in [7, 11) is 0. The Hall–Kier alpha value is -0.750. The quantitative estimate of drug-likeness (QED) is 0.906. The molecule has 0 radical (unpaired) electrons. The highest BCUT2D eigenvalue weighted by Gasteiger charge is 2.28. The fraction of sp³-hybridized carbons (Fsp3) is 0.538. The van der Waals surface area contributed by atoms with Crippen molar-refractivity contribution >= 4 is 21.6 Å². The van der Waals surface area contributed by atoms with Gasteiger partial charge in [-0.3, -0.25) is 0 Å². The molecular weight excluding hydrogens is 321 g/mol. The van der Waals surface area contributed by atoms with Gasteiger partial charge in [0.1, 0.15) is 0 Å². The number of benzene rings is 1. The van der Waals surface area contributed by atoms with E-state index in [1.807, 2.05) is 24.3 Å². The molecular formula is C13H16BrF3N2. The summed E-state index contributed by atoms with van der Waals surface area (Å²) < 4.78 is 37.1. The smallest absolute Gasteiger partial charge is 0.371 e. The lowest BCUT2D eigenvalue weighted by Crippen LogP contribution is -2.33. The van der Waals surface area contributed by atoms with Gasteiger partial charge in [-0.15, -0.1) is 0 Å². The van der Waals surface area contributed by atoms with Gasteiger partial charge >= 0.3 is 6.18 Å². The van der Waals surface area contributed by atoms with E-state index in [0.717, 1.165) is 29.7 Å². The molecule has 0 bridgehead atoms. The first kappa shape index (κ1) is 14.7. The molecule has 0 aliphatic carbocycles. The molecule has 2 nitrogen and oxygen atoms in total. The number of nitrogens with zero attached hydrogens (tertiary/aromatic N) is 1. The first-order valence-electron chi connectivity index (χ1n) is 6.22. The van der Waals surface area contributed by atoms with Crippen LogP contribution >= 0.6 is 15.9 Å². The highest BCUT2D eigenvalue weighted by atomic mass is 79.9. The van der Waals surface area contributed by atoms with Crippen LogP contribution in [0.3, 0.4) is 0 Å². The van der Waals surface area contributed by atoms with Gasteiger partial charge in [0.25, 0.3) is 0 Å². The van der Waals surface area contributed by atoms with Crippen molar-refractivity contribution in [1.29, 1.82) is 0 Å². The number of hydrogen-bond donors (Lipinski definition) is 1. The fourth-order valence-corrected chi connectivity index (χ4v) is 2.57. The highest BCUT2D eigenvalue weighted by Crippen LogP contribution is 2.25. The Balaban J connectivity index is 1.78. The average Bonchev–Trinajstić information content (AvgIpc) is 2.77. The molecule has 2 rings (SSSR count). The molecule has 19 heavy (non-hydrogen) atoms. The third-order valence-electron chi connectivity index (χ3n) is 3.24. The van der Waals surface area contributed by atoms with Gasteiger partial charge in [-0.25, -0.2) is 0 Å². The Morgan fingerprint density at radius 2 is 1.95 bits per heavy atom. The van der Waals surface area contributed by atoms with Crippen LogP contribution < -0.4 is 10.2 Å². The maximum Gasteiger partial charge on any atom is 0.401 e. The number of nitrogens with one attached hydrogen (secondary N) is 1. The van der Waals surface area contributed by atoms with E-state index in [4.69, 9.17) is 0 Å². The number of halogens is 4. The van der Waals surface area contributed by atoms with Crippen LogP contribution in [-0.2, 0) is 0 Å². The van der Waals surface area contributed by atoms with Crippen molar-refractivity contribution in [3.8, 4) is 0 Å². The molecule has 0 aromatic heterocycles. The van der Waals surface area contributed by atoms with Crippen molar-refractivity contribution in [3.05, 3.63) is 28.7 Å². The zero-order valence-corrected chi connectivity index (χ0v) is 12.0. The van der Waals surface area contributed by atoms with E-state index in [0.29, 0.717) is 6.54 Å². The van der Waals surface area contributed by atoms with E-state index in [1.54, 1.807) is 0 Å². The lowest BCUT2D eigenvalue weighted by Gasteiger charge is -2.19. The third kappa shape index (κ3) is 4.69. The molecule has 0 saturated carbocycles. The Kier molecular flexibility index (Phi) is 4.73. The molecule has 1 fully saturated rings. The Labute approximate surface area is 119 Å². The minimum absolute atomic E-state index is 0.283.